The summed E-state index contributed by atoms with van der Waals surface area (Å²) in [5.74, 6) is -0.496. The van der Waals surface area contributed by atoms with Gasteiger partial charge in [0.05, 0.1) is 0 Å². The van der Waals surface area contributed by atoms with Crippen LogP contribution in [-0.2, 0) is 16.1 Å². The van der Waals surface area contributed by atoms with Gasteiger partial charge in [-0.1, -0.05) is 42.5 Å². The van der Waals surface area contributed by atoms with Crippen LogP contribution in [0.2, 0.25) is 0 Å². The number of nitrogens with one attached hydrogen (secondary N) is 1. The number of benzene rings is 2. The predicted molar refractivity (Wildman–Crippen MR) is 87.5 cm³/mol. The van der Waals surface area contributed by atoms with Crippen LogP contribution < -0.4 is 10.2 Å². The number of aryl methyl sites for hydroxylation is 1. The molecular weight excluding hydrogens is 276 g/mol. The number of carbonyl (C=O) groups is 2. The number of para-hydroxylation sites is 1. The Balaban J connectivity index is 1.87. The van der Waals surface area contributed by atoms with Gasteiger partial charge in [-0.15, -0.1) is 0 Å². The van der Waals surface area contributed by atoms with Gasteiger partial charge in [-0.05, 0) is 30.2 Å². The lowest BCUT2D eigenvalue weighted by molar-refractivity contribution is -0.127. The first-order valence-corrected chi connectivity index (χ1v) is 7.20. The number of hydrogen-bond donors (Lipinski definition) is 1. The SMILES string of the molecule is Cc1ccccc1CNC(=O)CC(=O)N(C)c1ccccc1. The number of carbonyl (C=O) groups excluding carboxylic acids is 2. The lowest BCUT2D eigenvalue weighted by Crippen LogP contribution is -2.33. The Kier molecular flexibility index (Phi) is 5.31. The molecule has 4 heteroatoms. The Morgan fingerprint density at radius 2 is 1.64 bits per heavy atom. The van der Waals surface area contributed by atoms with Crippen LogP contribution in [-0.4, -0.2) is 18.9 Å². The minimum absolute atomic E-state index is 0.155. The third-order valence-corrected chi connectivity index (χ3v) is 3.57. The van der Waals surface area contributed by atoms with Crippen LogP contribution in [0.25, 0.3) is 0 Å². The molecule has 0 spiro atoms. The molecule has 0 unspecified atom stereocenters. The van der Waals surface area contributed by atoms with Crippen LogP contribution in [0.3, 0.4) is 0 Å². The Hall–Kier alpha value is -2.62. The summed E-state index contributed by atoms with van der Waals surface area (Å²) < 4.78 is 0. The fourth-order valence-corrected chi connectivity index (χ4v) is 2.12. The van der Waals surface area contributed by atoms with Gasteiger partial charge in [-0.3, -0.25) is 9.59 Å². The summed E-state index contributed by atoms with van der Waals surface area (Å²) in [5, 5.41) is 2.79. The average molecular weight is 296 g/mol. The molecule has 2 aromatic rings. The molecule has 0 aromatic heterocycles. The van der Waals surface area contributed by atoms with Crippen molar-refractivity contribution in [2.45, 2.75) is 19.9 Å². The van der Waals surface area contributed by atoms with Crippen LogP contribution >= 0.6 is 0 Å². The minimum atomic E-state index is -0.268. The Labute approximate surface area is 130 Å². The molecule has 0 aliphatic heterocycles. The van der Waals surface area contributed by atoms with Gasteiger partial charge in [0.15, 0.2) is 0 Å². The smallest absolute Gasteiger partial charge is 0.236 e. The van der Waals surface area contributed by atoms with Gasteiger partial charge >= 0.3 is 0 Å². The monoisotopic (exact) mass is 296 g/mol. The molecule has 2 amide bonds. The van der Waals surface area contributed by atoms with Crippen molar-refractivity contribution in [2.24, 2.45) is 0 Å². The average Bonchev–Trinajstić information content (AvgIpc) is 2.54. The van der Waals surface area contributed by atoms with Crippen molar-refractivity contribution in [3.63, 3.8) is 0 Å². The van der Waals surface area contributed by atoms with E-state index in [1.807, 2.05) is 61.5 Å². The van der Waals surface area contributed by atoms with E-state index in [4.69, 9.17) is 0 Å². The van der Waals surface area contributed by atoms with E-state index in [2.05, 4.69) is 5.32 Å². The van der Waals surface area contributed by atoms with Gasteiger partial charge in [0, 0.05) is 19.3 Å². The van der Waals surface area contributed by atoms with Crippen molar-refractivity contribution in [3.05, 3.63) is 65.7 Å². The van der Waals surface area contributed by atoms with Crippen LogP contribution in [0.15, 0.2) is 54.6 Å². The molecule has 1 N–H and O–H groups in total. The summed E-state index contributed by atoms with van der Waals surface area (Å²) in [7, 11) is 1.67. The molecule has 0 radical (unpaired) electrons. The summed E-state index contributed by atoms with van der Waals surface area (Å²) in [6.07, 6.45) is -0.155. The van der Waals surface area contributed by atoms with E-state index < -0.39 is 0 Å². The number of rotatable bonds is 5. The molecule has 0 aliphatic rings. The lowest BCUT2D eigenvalue weighted by Gasteiger charge is -2.17. The Morgan fingerprint density at radius 3 is 2.32 bits per heavy atom. The van der Waals surface area contributed by atoms with E-state index in [1.54, 1.807) is 7.05 Å². The largest absolute Gasteiger partial charge is 0.352 e. The highest BCUT2D eigenvalue weighted by Crippen LogP contribution is 2.12. The van der Waals surface area contributed by atoms with Crippen molar-refractivity contribution in [2.75, 3.05) is 11.9 Å². The summed E-state index contributed by atoms with van der Waals surface area (Å²) in [4.78, 5) is 25.5. The molecule has 114 valence electrons. The van der Waals surface area contributed by atoms with Gasteiger partial charge in [0.1, 0.15) is 6.42 Å². The number of anilines is 1. The van der Waals surface area contributed by atoms with E-state index in [-0.39, 0.29) is 18.2 Å². The maximum Gasteiger partial charge on any atom is 0.236 e. The lowest BCUT2D eigenvalue weighted by atomic mass is 10.1. The van der Waals surface area contributed by atoms with Crippen LogP contribution in [0, 0.1) is 6.92 Å². The zero-order valence-corrected chi connectivity index (χ0v) is 12.9. The van der Waals surface area contributed by atoms with Crippen LogP contribution in [0.4, 0.5) is 5.69 Å². The number of nitrogens with zero attached hydrogens (tertiary/aromatic N) is 1. The third-order valence-electron chi connectivity index (χ3n) is 3.57. The number of hydrogen-bond acceptors (Lipinski definition) is 2. The summed E-state index contributed by atoms with van der Waals surface area (Å²) in [6, 6.07) is 17.1. The highest BCUT2D eigenvalue weighted by atomic mass is 16.2. The second-order valence-corrected chi connectivity index (χ2v) is 5.17. The normalized spacial score (nSPS) is 10.1. The standard InChI is InChI=1S/C18H20N2O2/c1-14-8-6-7-9-15(14)13-19-17(21)12-18(22)20(2)16-10-4-3-5-11-16/h3-11H,12-13H2,1-2H3,(H,19,21). The second-order valence-electron chi connectivity index (χ2n) is 5.17. The first-order valence-electron chi connectivity index (χ1n) is 7.20. The topological polar surface area (TPSA) is 49.4 Å². The van der Waals surface area contributed by atoms with E-state index in [0.717, 1.165) is 16.8 Å². The molecule has 0 aliphatic carbocycles. The molecule has 2 rings (SSSR count). The van der Waals surface area contributed by atoms with Gasteiger partial charge < -0.3 is 10.2 Å². The zero-order valence-electron chi connectivity index (χ0n) is 12.9. The van der Waals surface area contributed by atoms with Crippen molar-refractivity contribution in [1.82, 2.24) is 5.32 Å². The van der Waals surface area contributed by atoms with Gasteiger partial charge in [0.25, 0.3) is 0 Å². The molecule has 0 saturated heterocycles. The summed E-state index contributed by atoms with van der Waals surface area (Å²) >= 11 is 0. The van der Waals surface area contributed by atoms with Gasteiger partial charge in [0.2, 0.25) is 11.8 Å². The second kappa shape index (κ2) is 7.41. The first-order chi connectivity index (χ1) is 10.6. The molecule has 22 heavy (non-hydrogen) atoms. The van der Waals surface area contributed by atoms with Crippen molar-refractivity contribution in [1.29, 1.82) is 0 Å². The highest BCUT2D eigenvalue weighted by molar-refractivity contribution is 6.04. The quantitative estimate of drug-likeness (QED) is 0.862. The highest BCUT2D eigenvalue weighted by Gasteiger charge is 2.15. The Morgan fingerprint density at radius 1 is 1.00 bits per heavy atom. The van der Waals surface area contributed by atoms with E-state index in [9.17, 15) is 9.59 Å². The fraction of sp³-hybridized carbons (Fsp3) is 0.222. The molecule has 2 aromatic carbocycles. The van der Waals surface area contributed by atoms with Gasteiger partial charge in [-0.2, -0.15) is 0 Å². The zero-order chi connectivity index (χ0) is 15.9. The molecule has 0 atom stereocenters. The Bertz CT molecular complexity index is 653. The molecule has 0 saturated carbocycles. The summed E-state index contributed by atoms with van der Waals surface area (Å²) in [5.41, 5.74) is 2.95. The van der Waals surface area contributed by atoms with E-state index in [1.165, 1.54) is 4.90 Å². The van der Waals surface area contributed by atoms with E-state index >= 15 is 0 Å². The maximum atomic E-state index is 12.1. The van der Waals surface area contributed by atoms with Crippen molar-refractivity contribution in [3.8, 4) is 0 Å². The van der Waals surface area contributed by atoms with Crippen molar-refractivity contribution >= 4 is 17.5 Å². The fourth-order valence-electron chi connectivity index (χ4n) is 2.12. The van der Waals surface area contributed by atoms with Gasteiger partial charge in [-0.25, -0.2) is 0 Å². The first kappa shape index (κ1) is 15.8. The van der Waals surface area contributed by atoms with Crippen molar-refractivity contribution < 1.29 is 9.59 Å². The third kappa shape index (κ3) is 4.19. The van der Waals surface area contributed by atoms with Crippen LogP contribution in [0.1, 0.15) is 17.5 Å². The minimum Gasteiger partial charge on any atom is -0.352 e. The molecule has 4 nitrogen and oxygen atoms in total. The maximum absolute atomic E-state index is 12.1. The molecule has 0 bridgehead atoms. The molecule has 0 heterocycles. The van der Waals surface area contributed by atoms with E-state index in [0.29, 0.717) is 6.54 Å². The molecular formula is C18H20N2O2. The number of amides is 2. The molecule has 0 fully saturated rings. The predicted octanol–water partition coefficient (Wildman–Crippen LogP) is 2.66. The van der Waals surface area contributed by atoms with Crippen LogP contribution in [0.5, 0.6) is 0 Å². The summed E-state index contributed by atoms with van der Waals surface area (Å²) in [6.45, 7) is 2.43.